The van der Waals surface area contributed by atoms with Gasteiger partial charge < -0.3 is 15.0 Å². The highest BCUT2D eigenvalue weighted by atomic mass is 35.5. The van der Waals surface area contributed by atoms with Crippen molar-refractivity contribution in [2.75, 3.05) is 30.3 Å². The second-order valence-electron chi connectivity index (χ2n) is 10.9. The summed E-state index contributed by atoms with van der Waals surface area (Å²) in [6.45, 7) is 3.99. The fourth-order valence-corrected chi connectivity index (χ4v) is 7.32. The van der Waals surface area contributed by atoms with E-state index in [9.17, 15) is 18.0 Å². The van der Waals surface area contributed by atoms with E-state index in [1.165, 1.54) is 28.8 Å². The Bertz CT molecular complexity index is 1770. The molecule has 0 saturated heterocycles. The molecule has 0 saturated carbocycles. The minimum Gasteiger partial charge on any atom is -0.494 e. The number of carbonyl (C=O) groups excluding carboxylic acids is 2. The molecule has 8 nitrogen and oxygen atoms in total. The van der Waals surface area contributed by atoms with Crippen molar-refractivity contribution in [3.63, 3.8) is 0 Å². The molecule has 0 aliphatic rings. The number of amides is 2. The lowest BCUT2D eigenvalue weighted by molar-refractivity contribution is -0.140. The van der Waals surface area contributed by atoms with Crippen LogP contribution in [0.1, 0.15) is 31.4 Å². The van der Waals surface area contributed by atoms with Crippen LogP contribution in [0.4, 0.5) is 5.69 Å². The summed E-state index contributed by atoms with van der Waals surface area (Å²) >= 11 is 14.2. The summed E-state index contributed by atoms with van der Waals surface area (Å²) in [5, 5.41) is 3.67. The summed E-state index contributed by atoms with van der Waals surface area (Å²) in [6.07, 6.45) is 2.79. The SMILES string of the molecule is CCCNC(=O)C(Cc1ccccc1)N(Cc1ccc(Cl)cc1Cl)C(=O)CN(c1ccc(OCC)cc1)S(=O)(=O)c1ccc(SC)cc1. The van der Waals surface area contributed by atoms with Crippen molar-refractivity contribution < 1.29 is 22.7 Å². The van der Waals surface area contributed by atoms with Gasteiger partial charge >= 0.3 is 0 Å². The Labute approximate surface area is 297 Å². The molecule has 48 heavy (non-hydrogen) atoms. The lowest BCUT2D eigenvalue weighted by Gasteiger charge is -2.34. The number of carbonyl (C=O) groups is 2. The van der Waals surface area contributed by atoms with Crippen LogP contribution < -0.4 is 14.4 Å². The molecule has 0 aliphatic carbocycles. The molecular formula is C36H39Cl2N3O5S2. The first-order valence-electron chi connectivity index (χ1n) is 15.5. The summed E-state index contributed by atoms with van der Waals surface area (Å²) in [5.41, 5.74) is 1.65. The molecule has 4 aromatic rings. The number of hydrogen-bond donors (Lipinski definition) is 1. The first-order valence-corrected chi connectivity index (χ1v) is 18.9. The summed E-state index contributed by atoms with van der Waals surface area (Å²) < 4.78 is 35.2. The van der Waals surface area contributed by atoms with Gasteiger partial charge in [-0.2, -0.15) is 0 Å². The van der Waals surface area contributed by atoms with E-state index in [0.29, 0.717) is 40.9 Å². The Morgan fingerprint density at radius 3 is 2.21 bits per heavy atom. The average Bonchev–Trinajstić information content (AvgIpc) is 3.09. The third kappa shape index (κ3) is 9.69. The number of thioether (sulfide) groups is 1. The van der Waals surface area contributed by atoms with E-state index in [1.807, 2.05) is 50.4 Å². The summed E-state index contributed by atoms with van der Waals surface area (Å²) in [6, 6.07) is 26.3. The van der Waals surface area contributed by atoms with E-state index in [-0.39, 0.29) is 29.5 Å². The number of ether oxygens (including phenoxy) is 1. The minimum atomic E-state index is -4.25. The van der Waals surface area contributed by atoms with Crippen molar-refractivity contribution in [2.45, 2.75) is 49.1 Å². The van der Waals surface area contributed by atoms with Gasteiger partial charge in [0.2, 0.25) is 11.8 Å². The number of anilines is 1. The Morgan fingerprint density at radius 2 is 1.60 bits per heavy atom. The summed E-state index contributed by atoms with van der Waals surface area (Å²) in [5.74, 6) is -0.391. The molecule has 4 aromatic carbocycles. The van der Waals surface area contributed by atoms with E-state index >= 15 is 0 Å². The van der Waals surface area contributed by atoms with Crippen LogP contribution in [0.25, 0.3) is 0 Å². The van der Waals surface area contributed by atoms with E-state index in [4.69, 9.17) is 27.9 Å². The number of nitrogens with one attached hydrogen (secondary N) is 1. The normalized spacial score (nSPS) is 11.9. The van der Waals surface area contributed by atoms with Gasteiger partial charge in [0.15, 0.2) is 0 Å². The number of nitrogens with zero attached hydrogens (tertiary/aromatic N) is 2. The number of sulfonamides is 1. The Hall–Kier alpha value is -3.70. The fourth-order valence-electron chi connectivity index (χ4n) is 5.03. The predicted octanol–water partition coefficient (Wildman–Crippen LogP) is 7.48. The first-order chi connectivity index (χ1) is 23.1. The van der Waals surface area contributed by atoms with Crippen LogP contribution in [0.2, 0.25) is 10.0 Å². The molecule has 4 rings (SSSR count). The molecule has 254 valence electrons. The second kappa shape index (κ2) is 17.6. The zero-order valence-corrected chi connectivity index (χ0v) is 30.2. The maximum absolute atomic E-state index is 14.6. The standard InChI is InChI=1S/C36H39Cl2N3O5S2/c1-4-21-39-36(43)34(22-26-9-7-6-8-10-26)40(24-27-11-12-28(37)23-33(27)38)35(42)25-41(29-13-15-30(16-14-29)46-5-2)48(44,45)32-19-17-31(47-3)18-20-32/h6-20,23,34H,4-5,21-22,24-25H2,1-3H3,(H,39,43). The molecular weight excluding hydrogens is 689 g/mol. The van der Waals surface area contributed by atoms with Gasteiger partial charge in [-0.05, 0) is 91.4 Å². The highest BCUT2D eigenvalue weighted by Gasteiger charge is 2.35. The molecule has 1 N–H and O–H groups in total. The minimum absolute atomic E-state index is 0.0239. The highest BCUT2D eigenvalue weighted by Crippen LogP contribution is 2.29. The van der Waals surface area contributed by atoms with Crippen molar-refractivity contribution in [2.24, 2.45) is 0 Å². The molecule has 1 unspecified atom stereocenters. The van der Waals surface area contributed by atoms with Crippen LogP contribution in [-0.4, -0.2) is 57.1 Å². The lowest BCUT2D eigenvalue weighted by atomic mass is 10.0. The van der Waals surface area contributed by atoms with Gasteiger partial charge in [0, 0.05) is 34.5 Å². The average molecular weight is 729 g/mol. The summed E-state index contributed by atoms with van der Waals surface area (Å²) in [4.78, 5) is 30.7. The Balaban J connectivity index is 1.81. The second-order valence-corrected chi connectivity index (χ2v) is 14.5. The van der Waals surface area contributed by atoms with Crippen LogP contribution >= 0.6 is 35.0 Å². The quantitative estimate of drug-likeness (QED) is 0.120. The summed E-state index contributed by atoms with van der Waals surface area (Å²) in [7, 11) is -4.25. The maximum Gasteiger partial charge on any atom is 0.264 e. The smallest absolute Gasteiger partial charge is 0.264 e. The van der Waals surface area contributed by atoms with Crippen molar-refractivity contribution in [1.82, 2.24) is 10.2 Å². The molecule has 1 atom stereocenters. The number of halogens is 2. The third-order valence-electron chi connectivity index (χ3n) is 7.54. The zero-order valence-electron chi connectivity index (χ0n) is 27.1. The van der Waals surface area contributed by atoms with Crippen LogP contribution in [0.5, 0.6) is 5.75 Å². The van der Waals surface area contributed by atoms with Crippen LogP contribution in [0.3, 0.4) is 0 Å². The van der Waals surface area contributed by atoms with Gasteiger partial charge in [-0.25, -0.2) is 8.42 Å². The van der Waals surface area contributed by atoms with E-state index in [0.717, 1.165) is 14.8 Å². The molecule has 0 radical (unpaired) electrons. The van der Waals surface area contributed by atoms with E-state index in [1.54, 1.807) is 54.6 Å². The first kappa shape index (κ1) is 37.1. The Kier molecular flexibility index (Phi) is 13.6. The maximum atomic E-state index is 14.6. The molecule has 0 fully saturated rings. The zero-order chi connectivity index (χ0) is 34.7. The highest BCUT2D eigenvalue weighted by molar-refractivity contribution is 7.98. The van der Waals surface area contributed by atoms with Gasteiger partial charge in [0.05, 0.1) is 17.2 Å². The predicted molar refractivity (Wildman–Crippen MR) is 195 cm³/mol. The monoisotopic (exact) mass is 727 g/mol. The topological polar surface area (TPSA) is 96.0 Å². The third-order valence-corrected chi connectivity index (χ3v) is 10.7. The van der Waals surface area contributed by atoms with E-state index < -0.39 is 28.5 Å². The molecule has 0 aromatic heterocycles. The van der Waals surface area contributed by atoms with Crippen molar-refractivity contribution in [3.8, 4) is 5.75 Å². The number of benzene rings is 4. The molecule has 0 heterocycles. The largest absolute Gasteiger partial charge is 0.494 e. The Morgan fingerprint density at radius 1 is 0.917 bits per heavy atom. The van der Waals surface area contributed by atoms with Crippen molar-refractivity contribution in [3.05, 3.63) is 118 Å². The van der Waals surface area contributed by atoms with E-state index in [2.05, 4.69) is 5.32 Å². The molecule has 0 bridgehead atoms. The van der Waals surface area contributed by atoms with Gasteiger partial charge in [-0.15, -0.1) is 11.8 Å². The number of rotatable bonds is 16. The molecule has 0 spiro atoms. The molecule has 0 aliphatic heterocycles. The van der Waals surface area contributed by atoms with Gasteiger partial charge in [0.25, 0.3) is 10.0 Å². The van der Waals surface area contributed by atoms with Crippen LogP contribution in [0, 0.1) is 0 Å². The van der Waals surface area contributed by atoms with Gasteiger partial charge in [0.1, 0.15) is 18.3 Å². The molecule has 2 amide bonds. The van der Waals surface area contributed by atoms with Crippen molar-refractivity contribution in [1.29, 1.82) is 0 Å². The lowest BCUT2D eigenvalue weighted by Crippen LogP contribution is -2.53. The van der Waals surface area contributed by atoms with Crippen LogP contribution in [0.15, 0.2) is 107 Å². The van der Waals surface area contributed by atoms with Gasteiger partial charge in [-0.3, -0.25) is 13.9 Å². The number of hydrogen-bond acceptors (Lipinski definition) is 6. The molecule has 12 heteroatoms. The van der Waals surface area contributed by atoms with Crippen molar-refractivity contribution >= 4 is 62.5 Å². The fraction of sp³-hybridized carbons (Fsp3) is 0.278. The van der Waals surface area contributed by atoms with Gasteiger partial charge in [-0.1, -0.05) is 66.5 Å². The van der Waals surface area contributed by atoms with Crippen LogP contribution in [-0.2, 0) is 32.6 Å².